The maximum absolute atomic E-state index is 10.4. The minimum absolute atomic E-state index is 0.537. The molecule has 0 aliphatic heterocycles. The number of benzene rings is 1. The van der Waals surface area contributed by atoms with E-state index in [1.807, 2.05) is 24.3 Å². The highest BCUT2D eigenvalue weighted by molar-refractivity contribution is 5.85. The van der Waals surface area contributed by atoms with E-state index < -0.39 is 5.97 Å². The molecule has 0 atom stereocenters. The van der Waals surface area contributed by atoms with Gasteiger partial charge in [0.1, 0.15) is 12.4 Å². The minimum atomic E-state index is -0.950. The van der Waals surface area contributed by atoms with Crippen LogP contribution in [0.5, 0.6) is 5.75 Å². The predicted octanol–water partition coefficient (Wildman–Crippen LogP) is 2.98. The fourth-order valence-electron chi connectivity index (χ4n) is 1.82. The van der Waals surface area contributed by atoms with Gasteiger partial charge in [0.25, 0.3) is 0 Å². The van der Waals surface area contributed by atoms with E-state index in [4.69, 9.17) is 14.6 Å². The molecule has 20 heavy (non-hydrogen) atoms. The van der Waals surface area contributed by atoms with Gasteiger partial charge < -0.3 is 14.6 Å². The van der Waals surface area contributed by atoms with Crippen molar-refractivity contribution < 1.29 is 19.4 Å². The third kappa shape index (κ3) is 5.89. The van der Waals surface area contributed by atoms with Gasteiger partial charge in [0.15, 0.2) is 0 Å². The van der Waals surface area contributed by atoms with Gasteiger partial charge in [-0.2, -0.15) is 0 Å². The summed E-state index contributed by atoms with van der Waals surface area (Å²) in [6.07, 6.45) is 6.56. The van der Waals surface area contributed by atoms with Crippen molar-refractivity contribution in [3.63, 3.8) is 0 Å². The van der Waals surface area contributed by atoms with Gasteiger partial charge in [0.05, 0.1) is 6.61 Å². The highest BCUT2D eigenvalue weighted by Gasteiger charge is 2.20. The van der Waals surface area contributed by atoms with Crippen LogP contribution in [0.4, 0.5) is 0 Å². The lowest BCUT2D eigenvalue weighted by molar-refractivity contribution is -0.131. The van der Waals surface area contributed by atoms with Crippen LogP contribution in [0.15, 0.2) is 30.3 Å². The van der Waals surface area contributed by atoms with Gasteiger partial charge in [-0.25, -0.2) is 4.79 Å². The van der Waals surface area contributed by atoms with E-state index in [2.05, 4.69) is 0 Å². The molecule has 0 unspecified atom stereocenters. The Morgan fingerprint density at radius 2 is 1.95 bits per heavy atom. The van der Waals surface area contributed by atoms with E-state index in [1.54, 1.807) is 6.08 Å². The molecule has 1 aliphatic rings. The Hall–Kier alpha value is -1.81. The van der Waals surface area contributed by atoms with Crippen LogP contribution in [0.1, 0.15) is 24.8 Å². The SMILES string of the molecule is O=C(O)/C=C/c1ccc(OCCOCCC2CC2)cc1. The molecular formula is C16H20O4. The highest BCUT2D eigenvalue weighted by atomic mass is 16.5. The fourth-order valence-corrected chi connectivity index (χ4v) is 1.82. The summed E-state index contributed by atoms with van der Waals surface area (Å²) in [5.41, 5.74) is 0.834. The van der Waals surface area contributed by atoms with Crippen LogP contribution in [0.3, 0.4) is 0 Å². The molecule has 4 nitrogen and oxygen atoms in total. The third-order valence-corrected chi connectivity index (χ3v) is 3.16. The maximum Gasteiger partial charge on any atom is 0.328 e. The largest absolute Gasteiger partial charge is 0.491 e. The molecule has 1 saturated carbocycles. The van der Waals surface area contributed by atoms with Crippen LogP contribution in [-0.4, -0.2) is 30.9 Å². The molecule has 2 rings (SSSR count). The van der Waals surface area contributed by atoms with Crippen molar-refractivity contribution in [2.45, 2.75) is 19.3 Å². The molecule has 1 fully saturated rings. The van der Waals surface area contributed by atoms with Crippen molar-refractivity contribution in [2.24, 2.45) is 5.92 Å². The number of aliphatic carboxylic acids is 1. The molecule has 0 bridgehead atoms. The van der Waals surface area contributed by atoms with Crippen LogP contribution < -0.4 is 4.74 Å². The second-order valence-corrected chi connectivity index (χ2v) is 4.93. The molecular weight excluding hydrogens is 256 g/mol. The average molecular weight is 276 g/mol. The molecule has 1 aliphatic carbocycles. The maximum atomic E-state index is 10.4. The molecule has 1 N–H and O–H groups in total. The van der Waals surface area contributed by atoms with E-state index >= 15 is 0 Å². The summed E-state index contributed by atoms with van der Waals surface area (Å²) in [5, 5.41) is 8.53. The first-order chi connectivity index (χ1) is 9.74. The third-order valence-electron chi connectivity index (χ3n) is 3.16. The van der Waals surface area contributed by atoms with Crippen LogP contribution in [0.25, 0.3) is 6.08 Å². The first kappa shape index (κ1) is 14.6. The zero-order valence-corrected chi connectivity index (χ0v) is 11.5. The summed E-state index contributed by atoms with van der Waals surface area (Å²) >= 11 is 0. The summed E-state index contributed by atoms with van der Waals surface area (Å²) in [5.74, 6) is 0.722. The van der Waals surface area contributed by atoms with Gasteiger partial charge in [-0.05, 0) is 36.1 Å². The molecule has 0 radical (unpaired) electrons. The van der Waals surface area contributed by atoms with E-state index in [0.29, 0.717) is 13.2 Å². The van der Waals surface area contributed by atoms with Crippen molar-refractivity contribution in [2.75, 3.05) is 19.8 Å². The quantitative estimate of drug-likeness (QED) is 0.556. The lowest BCUT2D eigenvalue weighted by Gasteiger charge is -2.07. The summed E-state index contributed by atoms with van der Waals surface area (Å²) < 4.78 is 11.0. The molecule has 0 saturated heterocycles. The van der Waals surface area contributed by atoms with Crippen molar-refractivity contribution in [3.8, 4) is 5.75 Å². The number of carboxylic acids is 1. The summed E-state index contributed by atoms with van der Waals surface area (Å²) in [4.78, 5) is 10.4. The number of carboxylic acid groups (broad SMARTS) is 1. The standard InChI is InChI=1S/C16H20O4/c17-16(18)8-5-13-3-6-15(7-4-13)20-12-11-19-10-9-14-1-2-14/h3-8,14H,1-2,9-12H2,(H,17,18)/b8-5+. The first-order valence-corrected chi connectivity index (χ1v) is 6.95. The van der Waals surface area contributed by atoms with Gasteiger partial charge in [0, 0.05) is 12.7 Å². The lowest BCUT2D eigenvalue weighted by atomic mass is 10.2. The Labute approximate surface area is 119 Å². The number of hydrogen-bond donors (Lipinski definition) is 1. The Balaban J connectivity index is 1.61. The summed E-state index contributed by atoms with van der Waals surface area (Å²) in [7, 11) is 0. The van der Waals surface area contributed by atoms with Gasteiger partial charge in [-0.15, -0.1) is 0 Å². The van der Waals surface area contributed by atoms with Crippen molar-refractivity contribution in [3.05, 3.63) is 35.9 Å². The van der Waals surface area contributed by atoms with Gasteiger partial charge in [0.2, 0.25) is 0 Å². The molecule has 4 heteroatoms. The zero-order valence-electron chi connectivity index (χ0n) is 11.5. The van der Waals surface area contributed by atoms with Crippen LogP contribution >= 0.6 is 0 Å². The minimum Gasteiger partial charge on any atom is -0.491 e. The second-order valence-electron chi connectivity index (χ2n) is 4.93. The smallest absolute Gasteiger partial charge is 0.328 e. The van der Waals surface area contributed by atoms with Crippen LogP contribution in [0.2, 0.25) is 0 Å². The van der Waals surface area contributed by atoms with Crippen LogP contribution in [-0.2, 0) is 9.53 Å². The lowest BCUT2D eigenvalue weighted by Crippen LogP contribution is -2.07. The Morgan fingerprint density at radius 3 is 2.60 bits per heavy atom. The Kier molecular flexibility index (Phi) is 5.62. The van der Waals surface area contributed by atoms with Gasteiger partial charge >= 0.3 is 5.97 Å². The summed E-state index contributed by atoms with van der Waals surface area (Å²) in [6, 6.07) is 7.29. The number of ether oxygens (including phenoxy) is 2. The molecule has 0 spiro atoms. The number of carbonyl (C=O) groups is 1. The van der Waals surface area contributed by atoms with Gasteiger partial charge in [-0.3, -0.25) is 0 Å². The monoisotopic (exact) mass is 276 g/mol. The summed E-state index contributed by atoms with van der Waals surface area (Å²) in [6.45, 7) is 1.97. The highest BCUT2D eigenvalue weighted by Crippen LogP contribution is 2.32. The van der Waals surface area contributed by atoms with E-state index in [0.717, 1.165) is 29.9 Å². The first-order valence-electron chi connectivity index (χ1n) is 6.95. The fraction of sp³-hybridized carbons (Fsp3) is 0.438. The number of rotatable bonds is 9. The Morgan fingerprint density at radius 1 is 1.20 bits per heavy atom. The predicted molar refractivity (Wildman–Crippen MR) is 76.8 cm³/mol. The van der Waals surface area contributed by atoms with E-state index in [-0.39, 0.29) is 0 Å². The zero-order chi connectivity index (χ0) is 14.2. The van der Waals surface area contributed by atoms with Crippen molar-refractivity contribution in [1.82, 2.24) is 0 Å². The van der Waals surface area contributed by atoms with E-state index in [9.17, 15) is 4.79 Å². The molecule has 1 aromatic carbocycles. The molecule has 0 aromatic heterocycles. The molecule has 0 amide bonds. The number of hydrogen-bond acceptors (Lipinski definition) is 3. The average Bonchev–Trinajstić information content (AvgIpc) is 3.26. The topological polar surface area (TPSA) is 55.8 Å². The Bertz CT molecular complexity index is 446. The van der Waals surface area contributed by atoms with E-state index in [1.165, 1.54) is 19.3 Å². The molecule has 108 valence electrons. The normalized spacial score (nSPS) is 14.6. The van der Waals surface area contributed by atoms with Crippen molar-refractivity contribution >= 4 is 12.0 Å². The molecule has 1 aromatic rings. The van der Waals surface area contributed by atoms with Crippen molar-refractivity contribution in [1.29, 1.82) is 0 Å². The second kappa shape index (κ2) is 7.70. The van der Waals surface area contributed by atoms with Gasteiger partial charge in [-0.1, -0.05) is 25.0 Å². The van der Waals surface area contributed by atoms with Crippen LogP contribution in [0, 0.1) is 5.92 Å². The molecule has 0 heterocycles.